The second kappa shape index (κ2) is 6.62. The molecule has 4 nitrogen and oxygen atoms in total. The van der Waals surface area contributed by atoms with Crippen molar-refractivity contribution in [1.29, 1.82) is 0 Å². The van der Waals surface area contributed by atoms with Gasteiger partial charge < -0.3 is 9.64 Å². The Hall–Kier alpha value is -2.88. The van der Waals surface area contributed by atoms with Crippen molar-refractivity contribution in [2.45, 2.75) is 40.2 Å². The predicted molar refractivity (Wildman–Crippen MR) is 112 cm³/mol. The standard InChI is InChI=1S/C24H25NO3/c1-5-28-23(27)18-14-21(22(26)24(2,3)4)25-19-12-10-15-8-6-7-9-16(15)17(19)11-13-20(18)25/h6-13,21H,5,14H2,1-4H3. The van der Waals surface area contributed by atoms with Crippen LogP contribution < -0.4 is 4.90 Å². The summed E-state index contributed by atoms with van der Waals surface area (Å²) in [5, 5.41) is 2.30. The van der Waals surface area contributed by atoms with Crippen LogP contribution in [0.4, 0.5) is 5.69 Å². The van der Waals surface area contributed by atoms with Crippen molar-refractivity contribution < 1.29 is 14.3 Å². The SMILES string of the molecule is CCOC(=O)C1=C2C=Cc3c(ccc4ccccc34)N2C(C(=O)C(C)(C)C)C1. The Morgan fingerprint density at radius 1 is 1.11 bits per heavy atom. The first kappa shape index (κ1) is 18.5. The number of esters is 1. The number of ether oxygens (including phenoxy) is 1. The van der Waals surface area contributed by atoms with E-state index in [-0.39, 0.29) is 11.8 Å². The van der Waals surface area contributed by atoms with Crippen molar-refractivity contribution in [3.8, 4) is 0 Å². The average Bonchev–Trinajstić information content (AvgIpc) is 3.06. The van der Waals surface area contributed by atoms with E-state index in [0.29, 0.717) is 18.6 Å². The monoisotopic (exact) mass is 375 g/mol. The molecule has 0 saturated heterocycles. The summed E-state index contributed by atoms with van der Waals surface area (Å²) >= 11 is 0. The normalized spacial score (nSPS) is 18.3. The number of hydrogen-bond acceptors (Lipinski definition) is 4. The molecule has 2 aromatic rings. The van der Waals surface area contributed by atoms with Gasteiger partial charge in [0.1, 0.15) is 0 Å². The number of carbonyl (C=O) groups is 2. The minimum Gasteiger partial charge on any atom is -0.463 e. The largest absolute Gasteiger partial charge is 0.463 e. The lowest BCUT2D eigenvalue weighted by molar-refractivity contribution is -0.138. The molecule has 0 N–H and O–H groups in total. The molecule has 1 unspecified atom stereocenters. The third kappa shape index (κ3) is 2.84. The summed E-state index contributed by atoms with van der Waals surface area (Å²) in [5.41, 5.74) is 2.91. The first-order chi connectivity index (χ1) is 13.3. The highest BCUT2D eigenvalue weighted by molar-refractivity contribution is 6.05. The van der Waals surface area contributed by atoms with Crippen molar-refractivity contribution in [2.75, 3.05) is 11.5 Å². The number of ketones is 1. The van der Waals surface area contributed by atoms with Gasteiger partial charge in [0, 0.05) is 23.1 Å². The smallest absolute Gasteiger partial charge is 0.336 e. The molecule has 0 amide bonds. The number of anilines is 1. The summed E-state index contributed by atoms with van der Waals surface area (Å²) < 4.78 is 5.28. The second-order valence-electron chi connectivity index (χ2n) is 8.34. The Labute approximate surface area is 165 Å². The van der Waals surface area contributed by atoms with Gasteiger partial charge >= 0.3 is 5.97 Å². The third-order valence-electron chi connectivity index (χ3n) is 5.46. The third-order valence-corrected chi connectivity index (χ3v) is 5.46. The number of nitrogens with zero attached hydrogens (tertiary/aromatic N) is 1. The minimum absolute atomic E-state index is 0.124. The predicted octanol–water partition coefficient (Wildman–Crippen LogP) is 4.88. The maximum Gasteiger partial charge on any atom is 0.336 e. The van der Waals surface area contributed by atoms with E-state index in [0.717, 1.165) is 27.7 Å². The highest BCUT2D eigenvalue weighted by Gasteiger charge is 2.44. The fourth-order valence-corrected chi connectivity index (χ4v) is 4.13. The molecule has 2 aromatic carbocycles. The van der Waals surface area contributed by atoms with Gasteiger partial charge in [0.05, 0.1) is 23.9 Å². The summed E-state index contributed by atoms with van der Waals surface area (Å²) in [4.78, 5) is 27.9. The summed E-state index contributed by atoms with van der Waals surface area (Å²) in [5.74, 6) is -0.209. The lowest BCUT2D eigenvalue weighted by atomic mass is 9.84. The number of hydrogen-bond donors (Lipinski definition) is 0. The minimum atomic E-state index is -0.502. The van der Waals surface area contributed by atoms with E-state index in [4.69, 9.17) is 4.74 Å². The Morgan fingerprint density at radius 3 is 2.57 bits per heavy atom. The molecular formula is C24H25NO3. The summed E-state index contributed by atoms with van der Waals surface area (Å²) in [6.45, 7) is 7.90. The molecule has 2 aliphatic rings. The molecule has 28 heavy (non-hydrogen) atoms. The van der Waals surface area contributed by atoms with E-state index in [9.17, 15) is 9.59 Å². The molecule has 0 bridgehead atoms. The van der Waals surface area contributed by atoms with Crippen LogP contribution in [0.2, 0.25) is 0 Å². The molecule has 0 saturated carbocycles. The van der Waals surface area contributed by atoms with Crippen LogP contribution in [0.15, 0.2) is 53.7 Å². The molecule has 4 heteroatoms. The van der Waals surface area contributed by atoms with E-state index < -0.39 is 11.5 Å². The highest BCUT2D eigenvalue weighted by Crippen LogP contribution is 2.44. The topological polar surface area (TPSA) is 46.6 Å². The number of rotatable bonds is 3. The Balaban J connectivity index is 1.90. The molecule has 0 radical (unpaired) electrons. The maximum absolute atomic E-state index is 13.3. The van der Waals surface area contributed by atoms with Gasteiger partial charge in [0.15, 0.2) is 5.78 Å². The fourth-order valence-electron chi connectivity index (χ4n) is 4.13. The molecule has 2 aliphatic heterocycles. The number of Topliss-reactive ketones (excluding diaryl/α,β-unsaturated/α-hetero) is 1. The molecule has 1 atom stereocenters. The number of carbonyl (C=O) groups excluding carboxylic acids is 2. The van der Waals surface area contributed by atoms with Gasteiger partial charge in [0.2, 0.25) is 0 Å². The summed E-state index contributed by atoms with van der Waals surface area (Å²) in [6.07, 6.45) is 4.38. The molecular weight excluding hydrogens is 350 g/mol. The zero-order valence-electron chi connectivity index (χ0n) is 16.8. The summed E-state index contributed by atoms with van der Waals surface area (Å²) in [6, 6.07) is 11.9. The van der Waals surface area contributed by atoms with Gasteiger partial charge in [-0.25, -0.2) is 4.79 Å². The quantitative estimate of drug-likeness (QED) is 0.718. The Morgan fingerprint density at radius 2 is 1.86 bits per heavy atom. The lowest BCUT2D eigenvalue weighted by Gasteiger charge is -2.35. The molecule has 2 heterocycles. The van der Waals surface area contributed by atoms with Crippen molar-refractivity contribution in [3.05, 3.63) is 59.3 Å². The van der Waals surface area contributed by atoms with Gasteiger partial charge in [-0.3, -0.25) is 4.79 Å². The first-order valence-corrected chi connectivity index (χ1v) is 9.76. The van der Waals surface area contributed by atoms with Crippen molar-refractivity contribution in [3.63, 3.8) is 0 Å². The van der Waals surface area contributed by atoms with E-state index in [1.165, 1.54) is 0 Å². The van der Waals surface area contributed by atoms with Crippen LogP contribution in [0.25, 0.3) is 16.8 Å². The Kier molecular flexibility index (Phi) is 4.37. The number of benzene rings is 2. The van der Waals surface area contributed by atoms with E-state index in [1.54, 1.807) is 6.92 Å². The summed E-state index contributed by atoms with van der Waals surface area (Å²) in [7, 11) is 0. The van der Waals surface area contributed by atoms with E-state index in [1.807, 2.05) is 50.0 Å². The number of allylic oxidation sites excluding steroid dienone is 1. The molecule has 0 fully saturated rings. The Bertz CT molecular complexity index is 1040. The first-order valence-electron chi connectivity index (χ1n) is 9.76. The molecule has 4 rings (SSSR count). The van der Waals surface area contributed by atoms with Crippen LogP contribution >= 0.6 is 0 Å². The van der Waals surface area contributed by atoms with Crippen LogP contribution in [-0.4, -0.2) is 24.4 Å². The van der Waals surface area contributed by atoms with Gasteiger partial charge in [0.25, 0.3) is 0 Å². The highest BCUT2D eigenvalue weighted by atomic mass is 16.5. The van der Waals surface area contributed by atoms with Crippen LogP contribution in [0.5, 0.6) is 0 Å². The van der Waals surface area contributed by atoms with Gasteiger partial charge in [-0.05, 0) is 29.8 Å². The lowest BCUT2D eigenvalue weighted by Crippen LogP contribution is -2.43. The molecule has 0 aromatic heterocycles. The van der Waals surface area contributed by atoms with Crippen LogP contribution in [-0.2, 0) is 14.3 Å². The van der Waals surface area contributed by atoms with Gasteiger partial charge in [-0.15, -0.1) is 0 Å². The zero-order valence-corrected chi connectivity index (χ0v) is 16.8. The fraction of sp³-hybridized carbons (Fsp3) is 0.333. The molecule has 0 spiro atoms. The van der Waals surface area contributed by atoms with Crippen molar-refractivity contribution in [1.82, 2.24) is 0 Å². The van der Waals surface area contributed by atoms with Crippen molar-refractivity contribution >= 4 is 34.3 Å². The maximum atomic E-state index is 13.3. The van der Waals surface area contributed by atoms with Crippen LogP contribution in [0.1, 0.15) is 39.7 Å². The molecule has 0 aliphatic carbocycles. The second-order valence-corrected chi connectivity index (χ2v) is 8.34. The molecule has 144 valence electrons. The average molecular weight is 375 g/mol. The van der Waals surface area contributed by atoms with E-state index in [2.05, 4.69) is 24.3 Å². The van der Waals surface area contributed by atoms with Gasteiger partial charge in [-0.1, -0.05) is 57.2 Å². The van der Waals surface area contributed by atoms with Crippen molar-refractivity contribution in [2.24, 2.45) is 5.41 Å². The van der Waals surface area contributed by atoms with Crippen LogP contribution in [0, 0.1) is 5.41 Å². The number of fused-ring (bicyclic) bond motifs is 5. The zero-order chi connectivity index (χ0) is 20.1. The van der Waals surface area contributed by atoms with E-state index >= 15 is 0 Å². The van der Waals surface area contributed by atoms with Gasteiger partial charge in [-0.2, -0.15) is 0 Å². The van der Waals surface area contributed by atoms with Crippen LogP contribution in [0.3, 0.4) is 0 Å².